The van der Waals surface area contributed by atoms with Crippen LogP contribution >= 0.6 is 0 Å². The molecule has 0 saturated carbocycles. The molecule has 0 saturated heterocycles. The second kappa shape index (κ2) is 5.18. The minimum Gasteiger partial charge on any atom is -0.390 e. The first kappa shape index (κ1) is 12.1. The van der Waals surface area contributed by atoms with Crippen LogP contribution in [0, 0.1) is 0 Å². The molecule has 4 nitrogen and oxygen atoms in total. The minimum absolute atomic E-state index is 0.323. The lowest BCUT2D eigenvalue weighted by molar-refractivity contribution is -0.0478. The maximum Gasteiger partial charge on any atom is 0.282 e. The van der Waals surface area contributed by atoms with Gasteiger partial charge in [-0.15, -0.1) is 0 Å². The maximum atomic E-state index is 12.6. The Hall–Kier alpha value is -1.01. The van der Waals surface area contributed by atoms with Crippen LogP contribution in [0.3, 0.4) is 0 Å². The van der Waals surface area contributed by atoms with Gasteiger partial charge in [-0.2, -0.15) is 5.10 Å². The average Bonchev–Trinajstić information content (AvgIpc) is 2.65. The molecule has 2 N–H and O–H groups in total. The largest absolute Gasteiger partial charge is 0.390 e. The normalized spacial score (nSPS) is 12.0. The van der Waals surface area contributed by atoms with Gasteiger partial charge < -0.3 is 10.4 Å². The fourth-order valence-electron chi connectivity index (χ4n) is 1.22. The van der Waals surface area contributed by atoms with E-state index in [1.54, 1.807) is 16.9 Å². The molecule has 15 heavy (non-hydrogen) atoms. The molecule has 0 atom stereocenters. The highest BCUT2D eigenvalue weighted by Gasteiger charge is 2.26. The quantitative estimate of drug-likeness (QED) is 0.737. The Kier molecular flexibility index (Phi) is 4.16. The maximum absolute atomic E-state index is 12.6. The van der Waals surface area contributed by atoms with Crippen LogP contribution in [0.25, 0.3) is 0 Å². The van der Waals surface area contributed by atoms with Crippen molar-refractivity contribution in [3.63, 3.8) is 0 Å². The number of aryl methyl sites for hydroxylation is 1. The molecule has 0 radical (unpaired) electrons. The number of halogens is 2. The van der Waals surface area contributed by atoms with E-state index in [0.717, 1.165) is 5.69 Å². The molecule has 0 fully saturated rings. The van der Waals surface area contributed by atoms with Crippen LogP contribution in [0.15, 0.2) is 12.3 Å². The standard InChI is InChI=1S/C9H15F2N3O/c1-2-14-8(3-4-13-14)5-12-6-9(10,11)7-15/h3-4,12,15H,2,5-7H2,1H3. The molecule has 1 aromatic heterocycles. The Bertz CT molecular complexity index is 301. The molecule has 0 aromatic carbocycles. The topological polar surface area (TPSA) is 50.1 Å². The Labute approximate surface area is 86.9 Å². The van der Waals surface area contributed by atoms with E-state index in [2.05, 4.69) is 10.4 Å². The first-order chi connectivity index (χ1) is 7.09. The predicted molar refractivity (Wildman–Crippen MR) is 51.6 cm³/mol. The number of hydrogen-bond donors (Lipinski definition) is 2. The predicted octanol–water partition coefficient (Wildman–Crippen LogP) is 0.620. The summed E-state index contributed by atoms with van der Waals surface area (Å²) >= 11 is 0. The molecular weight excluding hydrogens is 204 g/mol. The second-order valence-corrected chi connectivity index (χ2v) is 3.26. The van der Waals surface area contributed by atoms with Crippen molar-refractivity contribution in [1.82, 2.24) is 15.1 Å². The van der Waals surface area contributed by atoms with Crippen molar-refractivity contribution < 1.29 is 13.9 Å². The lowest BCUT2D eigenvalue weighted by Crippen LogP contribution is -2.35. The summed E-state index contributed by atoms with van der Waals surface area (Å²) in [5.41, 5.74) is 0.853. The van der Waals surface area contributed by atoms with Gasteiger partial charge in [-0.3, -0.25) is 4.68 Å². The second-order valence-electron chi connectivity index (χ2n) is 3.26. The highest BCUT2D eigenvalue weighted by molar-refractivity contribution is 4.99. The number of rotatable bonds is 6. The van der Waals surface area contributed by atoms with Crippen LogP contribution in [-0.2, 0) is 13.1 Å². The molecule has 86 valence electrons. The van der Waals surface area contributed by atoms with Crippen molar-refractivity contribution in [1.29, 1.82) is 0 Å². The number of aliphatic hydroxyl groups excluding tert-OH is 1. The Morgan fingerprint density at radius 2 is 2.33 bits per heavy atom. The number of hydrogen-bond acceptors (Lipinski definition) is 3. The third-order valence-electron chi connectivity index (χ3n) is 2.03. The number of aliphatic hydroxyl groups is 1. The van der Waals surface area contributed by atoms with Crippen molar-refractivity contribution in [2.75, 3.05) is 13.2 Å². The summed E-state index contributed by atoms with van der Waals surface area (Å²) in [5.74, 6) is -3.06. The van der Waals surface area contributed by atoms with Crippen LogP contribution in [0.2, 0.25) is 0 Å². The van der Waals surface area contributed by atoms with E-state index in [0.29, 0.717) is 13.1 Å². The van der Waals surface area contributed by atoms with Gasteiger partial charge in [0.05, 0.1) is 12.2 Å². The summed E-state index contributed by atoms with van der Waals surface area (Å²) in [6, 6.07) is 1.77. The number of nitrogens with zero attached hydrogens (tertiary/aromatic N) is 2. The number of aromatic nitrogens is 2. The van der Waals surface area contributed by atoms with Crippen LogP contribution in [0.5, 0.6) is 0 Å². The third-order valence-corrected chi connectivity index (χ3v) is 2.03. The molecule has 0 spiro atoms. The lowest BCUT2D eigenvalue weighted by atomic mass is 10.3. The van der Waals surface area contributed by atoms with Crippen LogP contribution in [0.4, 0.5) is 8.78 Å². The molecule has 0 amide bonds. The van der Waals surface area contributed by atoms with E-state index in [1.807, 2.05) is 6.92 Å². The zero-order valence-corrected chi connectivity index (χ0v) is 8.58. The summed E-state index contributed by atoms with van der Waals surface area (Å²) in [4.78, 5) is 0. The first-order valence-corrected chi connectivity index (χ1v) is 4.79. The Morgan fingerprint density at radius 3 is 2.93 bits per heavy atom. The van der Waals surface area contributed by atoms with Crippen molar-refractivity contribution in [2.45, 2.75) is 25.9 Å². The van der Waals surface area contributed by atoms with Gasteiger partial charge in [-0.1, -0.05) is 0 Å². The molecule has 0 aliphatic carbocycles. The van der Waals surface area contributed by atoms with Gasteiger partial charge in [0.1, 0.15) is 6.61 Å². The molecule has 0 aliphatic heterocycles. The van der Waals surface area contributed by atoms with Gasteiger partial charge in [0.15, 0.2) is 0 Å². The molecule has 0 unspecified atom stereocenters. The van der Waals surface area contributed by atoms with E-state index < -0.39 is 19.1 Å². The van der Waals surface area contributed by atoms with Gasteiger partial charge in [0.25, 0.3) is 5.92 Å². The SMILES string of the molecule is CCn1nccc1CNCC(F)(F)CO. The van der Waals surface area contributed by atoms with Gasteiger partial charge in [-0.25, -0.2) is 8.78 Å². The van der Waals surface area contributed by atoms with E-state index in [4.69, 9.17) is 5.11 Å². The highest BCUT2D eigenvalue weighted by Crippen LogP contribution is 2.10. The van der Waals surface area contributed by atoms with E-state index in [1.165, 1.54) is 0 Å². The van der Waals surface area contributed by atoms with Crippen LogP contribution in [-0.4, -0.2) is 34.0 Å². The molecular formula is C9H15F2N3O. The third kappa shape index (κ3) is 3.56. The van der Waals surface area contributed by atoms with Gasteiger partial charge in [-0.05, 0) is 13.0 Å². The van der Waals surface area contributed by atoms with Crippen LogP contribution < -0.4 is 5.32 Å². The zero-order valence-electron chi connectivity index (χ0n) is 8.58. The summed E-state index contributed by atoms with van der Waals surface area (Å²) in [6.07, 6.45) is 1.63. The molecule has 1 heterocycles. The van der Waals surface area contributed by atoms with Crippen molar-refractivity contribution >= 4 is 0 Å². The zero-order chi connectivity index (χ0) is 11.3. The Balaban J connectivity index is 2.38. The van der Waals surface area contributed by atoms with Crippen molar-refractivity contribution in [3.05, 3.63) is 18.0 Å². The number of alkyl halides is 2. The smallest absolute Gasteiger partial charge is 0.282 e. The first-order valence-electron chi connectivity index (χ1n) is 4.79. The van der Waals surface area contributed by atoms with E-state index in [-0.39, 0.29) is 0 Å². The molecule has 1 rings (SSSR count). The summed E-state index contributed by atoms with van der Waals surface area (Å²) < 4.78 is 27.0. The molecule has 0 bridgehead atoms. The molecule has 6 heteroatoms. The summed E-state index contributed by atoms with van der Waals surface area (Å²) in [5, 5.41) is 14.9. The minimum atomic E-state index is -3.06. The fourth-order valence-corrected chi connectivity index (χ4v) is 1.22. The van der Waals surface area contributed by atoms with Crippen LogP contribution in [0.1, 0.15) is 12.6 Å². The van der Waals surface area contributed by atoms with Crippen molar-refractivity contribution in [3.8, 4) is 0 Å². The monoisotopic (exact) mass is 219 g/mol. The Morgan fingerprint density at radius 1 is 1.60 bits per heavy atom. The molecule has 1 aromatic rings. The lowest BCUT2D eigenvalue weighted by Gasteiger charge is -2.14. The van der Waals surface area contributed by atoms with Gasteiger partial charge in [0.2, 0.25) is 0 Å². The molecule has 0 aliphatic rings. The van der Waals surface area contributed by atoms with E-state index >= 15 is 0 Å². The summed E-state index contributed by atoms with van der Waals surface area (Å²) in [7, 11) is 0. The van der Waals surface area contributed by atoms with Crippen molar-refractivity contribution in [2.24, 2.45) is 0 Å². The summed E-state index contributed by atoms with van der Waals surface area (Å²) in [6.45, 7) is 1.30. The van der Waals surface area contributed by atoms with E-state index in [9.17, 15) is 8.78 Å². The highest BCUT2D eigenvalue weighted by atomic mass is 19.3. The van der Waals surface area contributed by atoms with Gasteiger partial charge in [0, 0.05) is 19.3 Å². The fraction of sp³-hybridized carbons (Fsp3) is 0.667. The van der Waals surface area contributed by atoms with Gasteiger partial charge >= 0.3 is 0 Å². The number of nitrogens with one attached hydrogen (secondary N) is 1. The average molecular weight is 219 g/mol.